The normalized spacial score (nSPS) is 11.2. The highest BCUT2D eigenvalue weighted by molar-refractivity contribution is 7.20. The van der Waals surface area contributed by atoms with Gasteiger partial charge in [-0.3, -0.25) is 0 Å². The van der Waals surface area contributed by atoms with Gasteiger partial charge in [0.1, 0.15) is 23.1 Å². The van der Waals surface area contributed by atoms with E-state index >= 15 is 0 Å². The Kier molecular flexibility index (Phi) is 4.94. The fourth-order valence-electron chi connectivity index (χ4n) is 1.87. The molecule has 0 bridgehead atoms. The van der Waals surface area contributed by atoms with E-state index in [4.69, 9.17) is 9.47 Å². The van der Waals surface area contributed by atoms with Crippen molar-refractivity contribution in [3.05, 3.63) is 28.6 Å². The lowest BCUT2D eigenvalue weighted by molar-refractivity contribution is 0.0281. The van der Waals surface area contributed by atoms with Crippen molar-refractivity contribution < 1.29 is 9.47 Å². The van der Waals surface area contributed by atoms with Gasteiger partial charge in [-0.2, -0.15) is 0 Å². The standard InChI is InChI=1S/C14H16N4O2S2/c1-10-3-6-21-13(10)14-15-12(8-22-14)11-7-18(17-16-11)9-20-5-4-19-2/h3,6-8H,4-5,9H2,1-2H3. The monoisotopic (exact) mass is 336 g/mol. The highest BCUT2D eigenvalue weighted by Gasteiger charge is 2.12. The second kappa shape index (κ2) is 7.10. The fourth-order valence-corrected chi connectivity index (χ4v) is 3.78. The topological polar surface area (TPSA) is 62.1 Å². The van der Waals surface area contributed by atoms with Crippen molar-refractivity contribution in [2.45, 2.75) is 13.7 Å². The van der Waals surface area contributed by atoms with E-state index in [0.717, 1.165) is 16.4 Å². The van der Waals surface area contributed by atoms with Gasteiger partial charge in [-0.15, -0.1) is 27.8 Å². The van der Waals surface area contributed by atoms with E-state index in [9.17, 15) is 0 Å². The molecule has 3 aromatic heterocycles. The summed E-state index contributed by atoms with van der Waals surface area (Å²) in [5, 5.41) is 13.3. The van der Waals surface area contributed by atoms with Crippen LogP contribution in [-0.2, 0) is 16.2 Å². The minimum Gasteiger partial charge on any atom is -0.382 e. The molecule has 0 atom stereocenters. The average Bonchev–Trinajstić information content (AvgIpc) is 3.23. The molecule has 0 saturated heterocycles. The zero-order chi connectivity index (χ0) is 15.4. The van der Waals surface area contributed by atoms with Crippen LogP contribution in [0.15, 0.2) is 23.0 Å². The molecule has 0 saturated carbocycles. The van der Waals surface area contributed by atoms with Gasteiger partial charge in [-0.25, -0.2) is 9.67 Å². The number of hydrogen-bond acceptors (Lipinski definition) is 7. The molecule has 0 aliphatic rings. The van der Waals surface area contributed by atoms with Crippen molar-refractivity contribution in [1.29, 1.82) is 0 Å². The maximum atomic E-state index is 5.41. The zero-order valence-corrected chi connectivity index (χ0v) is 14.0. The minimum atomic E-state index is 0.359. The van der Waals surface area contributed by atoms with Gasteiger partial charge in [0.05, 0.1) is 24.3 Å². The van der Waals surface area contributed by atoms with Crippen molar-refractivity contribution in [2.75, 3.05) is 20.3 Å². The van der Waals surface area contributed by atoms with Crippen LogP contribution in [0.3, 0.4) is 0 Å². The summed E-state index contributed by atoms with van der Waals surface area (Å²) < 4.78 is 12.0. The number of thiophene rings is 1. The lowest BCUT2D eigenvalue weighted by Crippen LogP contribution is -2.07. The molecule has 22 heavy (non-hydrogen) atoms. The Morgan fingerprint density at radius 2 is 2.14 bits per heavy atom. The first-order chi connectivity index (χ1) is 10.8. The van der Waals surface area contributed by atoms with Crippen molar-refractivity contribution in [1.82, 2.24) is 20.0 Å². The predicted octanol–water partition coefficient (Wildman–Crippen LogP) is 3.06. The summed E-state index contributed by atoms with van der Waals surface area (Å²) in [5.74, 6) is 0. The first-order valence-electron chi connectivity index (χ1n) is 6.75. The van der Waals surface area contributed by atoms with E-state index in [0.29, 0.717) is 19.9 Å². The maximum Gasteiger partial charge on any atom is 0.141 e. The van der Waals surface area contributed by atoms with Crippen LogP contribution in [0.2, 0.25) is 0 Å². The molecule has 3 rings (SSSR count). The maximum absolute atomic E-state index is 5.41. The second-order valence-corrected chi connectivity index (χ2v) is 6.42. The van der Waals surface area contributed by atoms with E-state index < -0.39 is 0 Å². The third-order valence-corrected chi connectivity index (χ3v) is 5.03. The number of ether oxygens (including phenoxy) is 2. The largest absolute Gasteiger partial charge is 0.382 e. The smallest absolute Gasteiger partial charge is 0.141 e. The van der Waals surface area contributed by atoms with Gasteiger partial charge >= 0.3 is 0 Å². The summed E-state index contributed by atoms with van der Waals surface area (Å²) in [6.45, 7) is 3.55. The summed E-state index contributed by atoms with van der Waals surface area (Å²) in [5.41, 5.74) is 2.85. The Hall–Kier alpha value is -1.61. The molecular weight excluding hydrogens is 320 g/mol. The highest BCUT2D eigenvalue weighted by atomic mass is 32.1. The molecule has 0 N–H and O–H groups in total. The molecule has 0 unspecified atom stereocenters. The minimum absolute atomic E-state index is 0.359. The number of nitrogens with zero attached hydrogens (tertiary/aromatic N) is 4. The van der Waals surface area contributed by atoms with Crippen LogP contribution in [0.1, 0.15) is 5.56 Å². The lowest BCUT2D eigenvalue weighted by atomic mass is 10.3. The van der Waals surface area contributed by atoms with Gasteiger partial charge in [-0.1, -0.05) is 5.21 Å². The number of aromatic nitrogens is 4. The SMILES string of the molecule is COCCOCn1cc(-c2csc(-c3sccc3C)n2)nn1. The zero-order valence-electron chi connectivity index (χ0n) is 12.4. The number of methoxy groups -OCH3 is 1. The lowest BCUT2D eigenvalue weighted by Gasteiger charge is -2.01. The van der Waals surface area contributed by atoms with Crippen LogP contribution >= 0.6 is 22.7 Å². The van der Waals surface area contributed by atoms with Crippen molar-refractivity contribution in [3.8, 4) is 21.3 Å². The molecular formula is C14H16N4O2S2. The van der Waals surface area contributed by atoms with E-state index in [1.165, 1.54) is 10.4 Å². The average molecular weight is 336 g/mol. The number of hydrogen-bond donors (Lipinski definition) is 0. The Morgan fingerprint density at radius 1 is 1.23 bits per heavy atom. The van der Waals surface area contributed by atoms with Crippen molar-refractivity contribution >= 4 is 22.7 Å². The quantitative estimate of drug-likeness (QED) is 0.621. The third-order valence-electron chi connectivity index (χ3n) is 3.02. The number of thiazole rings is 1. The van der Waals surface area contributed by atoms with E-state index in [2.05, 4.69) is 33.7 Å². The molecule has 3 aromatic rings. The summed E-state index contributed by atoms with van der Waals surface area (Å²) in [6.07, 6.45) is 1.84. The van der Waals surface area contributed by atoms with Gasteiger partial charge in [0.2, 0.25) is 0 Å². The molecule has 0 fully saturated rings. The number of rotatable bonds is 7. The van der Waals surface area contributed by atoms with Gasteiger partial charge in [0.25, 0.3) is 0 Å². The van der Waals surface area contributed by atoms with Crippen molar-refractivity contribution in [3.63, 3.8) is 0 Å². The Morgan fingerprint density at radius 3 is 2.91 bits per heavy atom. The van der Waals surface area contributed by atoms with Crippen LogP contribution in [0, 0.1) is 6.92 Å². The molecule has 0 aliphatic heterocycles. The van der Waals surface area contributed by atoms with Gasteiger partial charge in [-0.05, 0) is 23.9 Å². The van der Waals surface area contributed by atoms with Gasteiger partial charge in [0.15, 0.2) is 0 Å². The summed E-state index contributed by atoms with van der Waals surface area (Å²) in [6, 6.07) is 2.11. The van der Waals surface area contributed by atoms with E-state index in [1.807, 2.05) is 11.6 Å². The second-order valence-electron chi connectivity index (χ2n) is 4.64. The van der Waals surface area contributed by atoms with Crippen LogP contribution in [-0.4, -0.2) is 40.3 Å². The molecule has 0 aliphatic carbocycles. The molecule has 8 heteroatoms. The first kappa shape index (κ1) is 15.3. The van der Waals surface area contributed by atoms with Crippen molar-refractivity contribution in [2.24, 2.45) is 0 Å². The summed E-state index contributed by atoms with van der Waals surface area (Å²) in [7, 11) is 1.64. The van der Waals surface area contributed by atoms with E-state index in [1.54, 1.807) is 34.5 Å². The van der Waals surface area contributed by atoms with Gasteiger partial charge < -0.3 is 9.47 Å². The van der Waals surface area contributed by atoms with Crippen LogP contribution in [0.25, 0.3) is 21.3 Å². The van der Waals surface area contributed by atoms with Crippen LogP contribution < -0.4 is 0 Å². The van der Waals surface area contributed by atoms with Crippen LogP contribution in [0.5, 0.6) is 0 Å². The Labute approximate surface area is 136 Å². The number of aryl methyl sites for hydroxylation is 1. The molecule has 116 valence electrons. The summed E-state index contributed by atoms with van der Waals surface area (Å²) >= 11 is 3.33. The predicted molar refractivity (Wildman–Crippen MR) is 87.0 cm³/mol. The molecule has 3 heterocycles. The molecule has 0 radical (unpaired) electrons. The Balaban J connectivity index is 1.69. The molecule has 0 amide bonds. The fraction of sp³-hybridized carbons (Fsp3) is 0.357. The third kappa shape index (κ3) is 3.41. The molecule has 0 aromatic carbocycles. The van der Waals surface area contributed by atoms with Crippen LogP contribution in [0.4, 0.5) is 0 Å². The van der Waals surface area contributed by atoms with E-state index in [-0.39, 0.29) is 0 Å². The Bertz CT molecular complexity index is 735. The first-order valence-corrected chi connectivity index (χ1v) is 8.51. The summed E-state index contributed by atoms with van der Waals surface area (Å²) in [4.78, 5) is 5.87. The van der Waals surface area contributed by atoms with Gasteiger partial charge in [0, 0.05) is 12.5 Å². The molecule has 0 spiro atoms. The molecule has 6 nitrogen and oxygen atoms in total. The highest BCUT2D eigenvalue weighted by Crippen LogP contribution is 2.33.